The number of para-hydroxylation sites is 1. The lowest BCUT2D eigenvalue weighted by atomic mass is 10.2. The summed E-state index contributed by atoms with van der Waals surface area (Å²) in [6, 6.07) is 18.5. The number of carbonyl (C=O) groups is 1. The molecule has 0 saturated carbocycles. The van der Waals surface area contributed by atoms with Crippen LogP contribution < -0.4 is 15.6 Å². The Morgan fingerprint density at radius 2 is 1.86 bits per heavy atom. The maximum Gasteiger partial charge on any atom is 0.282 e. The van der Waals surface area contributed by atoms with Crippen molar-refractivity contribution in [3.63, 3.8) is 0 Å². The summed E-state index contributed by atoms with van der Waals surface area (Å²) in [5.74, 6) is 1.02. The fourth-order valence-electron chi connectivity index (χ4n) is 3.58. The fourth-order valence-corrected chi connectivity index (χ4v) is 6.07. The summed E-state index contributed by atoms with van der Waals surface area (Å²) in [5.41, 5.74) is 1.98. The molecule has 3 aromatic carbocycles. The van der Waals surface area contributed by atoms with Crippen molar-refractivity contribution >= 4 is 89.8 Å². The predicted molar refractivity (Wildman–Crippen MR) is 168 cm³/mol. The average molecular weight is 785 g/mol. The van der Waals surface area contributed by atoms with Gasteiger partial charge in [0.2, 0.25) is 0 Å². The van der Waals surface area contributed by atoms with Gasteiger partial charge in [0.15, 0.2) is 6.61 Å². The number of halogens is 3. The SMILES string of the molecule is CCCCc1nc2ccc(Br)cc2c(=O)n1N=Cc1cc(I)c(OCC(=O)Nc2ccccc2)c(I)c1. The highest BCUT2D eigenvalue weighted by atomic mass is 127. The van der Waals surface area contributed by atoms with Crippen LogP contribution in [-0.4, -0.2) is 28.4 Å². The molecule has 1 amide bonds. The van der Waals surface area contributed by atoms with Crippen LogP contribution in [0.15, 0.2) is 75.0 Å². The van der Waals surface area contributed by atoms with E-state index < -0.39 is 0 Å². The number of fused-ring (bicyclic) bond motifs is 1. The summed E-state index contributed by atoms with van der Waals surface area (Å²) in [6.45, 7) is 1.99. The standard InChI is InChI=1S/C27H23BrI2N4O3/c1-2-3-9-24-33-23-11-10-18(28)14-20(23)27(36)34(24)31-15-17-12-21(29)26(22(30)13-17)37-16-25(35)32-19-7-5-4-6-8-19/h4-8,10-15H,2-3,9,16H2,1H3,(H,32,35). The zero-order chi connectivity index (χ0) is 26.4. The Hall–Kier alpha value is -2.32. The largest absolute Gasteiger partial charge is 0.482 e. The van der Waals surface area contributed by atoms with Crippen LogP contribution in [-0.2, 0) is 11.2 Å². The zero-order valence-electron chi connectivity index (χ0n) is 19.9. The third-order valence-corrected chi connectivity index (χ3v) is 7.47. The first-order valence-electron chi connectivity index (χ1n) is 11.6. The van der Waals surface area contributed by atoms with Crippen molar-refractivity contribution in [1.29, 1.82) is 0 Å². The molecule has 1 N–H and O–H groups in total. The minimum absolute atomic E-state index is 0.108. The number of nitrogens with zero attached hydrogens (tertiary/aromatic N) is 3. The van der Waals surface area contributed by atoms with E-state index >= 15 is 0 Å². The molecule has 0 atom stereocenters. The molecule has 0 aliphatic rings. The minimum atomic E-state index is -0.238. The zero-order valence-corrected chi connectivity index (χ0v) is 25.8. The van der Waals surface area contributed by atoms with E-state index in [9.17, 15) is 9.59 Å². The van der Waals surface area contributed by atoms with E-state index in [4.69, 9.17) is 9.72 Å². The van der Waals surface area contributed by atoms with E-state index in [2.05, 4.69) is 78.5 Å². The first kappa shape index (κ1) is 27.7. The second kappa shape index (κ2) is 13.0. The number of amides is 1. The number of aromatic nitrogens is 2. The smallest absolute Gasteiger partial charge is 0.282 e. The minimum Gasteiger partial charge on any atom is -0.482 e. The third kappa shape index (κ3) is 7.17. The van der Waals surface area contributed by atoms with Gasteiger partial charge in [-0.2, -0.15) is 9.78 Å². The van der Waals surface area contributed by atoms with Gasteiger partial charge in [0, 0.05) is 16.6 Å². The number of rotatable bonds is 9. The molecule has 4 rings (SSSR count). The van der Waals surface area contributed by atoms with Crippen molar-refractivity contribution in [2.24, 2.45) is 5.10 Å². The van der Waals surface area contributed by atoms with E-state index in [1.807, 2.05) is 54.6 Å². The van der Waals surface area contributed by atoms with Crippen LogP contribution in [0.2, 0.25) is 0 Å². The second-order valence-electron chi connectivity index (χ2n) is 8.17. The van der Waals surface area contributed by atoms with E-state index in [0.717, 1.165) is 35.7 Å². The molecular weight excluding hydrogens is 762 g/mol. The molecule has 0 aliphatic carbocycles. The molecule has 7 nitrogen and oxygen atoms in total. The lowest BCUT2D eigenvalue weighted by Gasteiger charge is -2.12. The van der Waals surface area contributed by atoms with Crippen LogP contribution in [0.5, 0.6) is 5.75 Å². The van der Waals surface area contributed by atoms with E-state index in [1.54, 1.807) is 12.3 Å². The number of hydrogen-bond donors (Lipinski definition) is 1. The molecule has 4 aromatic rings. The Bertz CT molecular complexity index is 1500. The van der Waals surface area contributed by atoms with E-state index in [0.29, 0.717) is 28.9 Å². The molecule has 1 heterocycles. The maximum absolute atomic E-state index is 13.3. The first-order valence-corrected chi connectivity index (χ1v) is 14.5. The Kier molecular flexibility index (Phi) is 9.71. The number of hydrogen-bond acceptors (Lipinski definition) is 5. The van der Waals surface area contributed by atoms with Gasteiger partial charge in [-0.1, -0.05) is 47.5 Å². The van der Waals surface area contributed by atoms with Crippen molar-refractivity contribution in [2.75, 3.05) is 11.9 Å². The number of benzene rings is 3. The molecule has 0 bridgehead atoms. The summed E-state index contributed by atoms with van der Waals surface area (Å²) in [5, 5.41) is 7.85. The van der Waals surface area contributed by atoms with Crippen LogP contribution in [0.3, 0.4) is 0 Å². The van der Waals surface area contributed by atoms with Crippen molar-refractivity contribution < 1.29 is 9.53 Å². The number of ether oxygens (including phenoxy) is 1. The molecule has 37 heavy (non-hydrogen) atoms. The second-order valence-corrected chi connectivity index (χ2v) is 11.4. The monoisotopic (exact) mass is 784 g/mol. The first-order chi connectivity index (χ1) is 17.9. The van der Waals surface area contributed by atoms with Gasteiger partial charge in [0.1, 0.15) is 11.6 Å². The lowest BCUT2D eigenvalue weighted by molar-refractivity contribution is -0.118. The quantitative estimate of drug-likeness (QED) is 0.153. The van der Waals surface area contributed by atoms with Crippen molar-refractivity contribution in [3.8, 4) is 5.75 Å². The van der Waals surface area contributed by atoms with Gasteiger partial charge in [-0.15, -0.1) is 0 Å². The van der Waals surface area contributed by atoms with Gasteiger partial charge >= 0.3 is 0 Å². The number of anilines is 1. The highest BCUT2D eigenvalue weighted by Gasteiger charge is 2.13. The molecule has 10 heteroatoms. The Morgan fingerprint density at radius 1 is 1.14 bits per heavy atom. The average Bonchev–Trinajstić information content (AvgIpc) is 2.87. The van der Waals surface area contributed by atoms with Crippen LogP contribution in [0.4, 0.5) is 5.69 Å². The van der Waals surface area contributed by atoms with Crippen molar-refractivity contribution in [3.05, 3.63) is 94.0 Å². The summed E-state index contributed by atoms with van der Waals surface area (Å²) in [4.78, 5) is 30.3. The normalized spacial score (nSPS) is 11.2. The van der Waals surface area contributed by atoms with E-state index in [1.165, 1.54) is 4.68 Å². The van der Waals surface area contributed by atoms with Crippen LogP contribution >= 0.6 is 61.1 Å². The maximum atomic E-state index is 13.3. The summed E-state index contributed by atoms with van der Waals surface area (Å²) >= 11 is 7.78. The van der Waals surface area contributed by atoms with Gasteiger partial charge in [0.25, 0.3) is 11.5 Å². The molecular formula is C27H23BrI2N4O3. The van der Waals surface area contributed by atoms with Crippen molar-refractivity contribution in [2.45, 2.75) is 26.2 Å². The molecule has 0 aliphatic heterocycles. The number of nitrogens with one attached hydrogen (secondary N) is 1. The summed E-state index contributed by atoms with van der Waals surface area (Å²) in [6.07, 6.45) is 4.20. The molecule has 190 valence electrons. The van der Waals surface area contributed by atoms with Gasteiger partial charge in [0.05, 0.1) is 24.3 Å². The molecule has 0 unspecified atom stereocenters. The van der Waals surface area contributed by atoms with Gasteiger partial charge in [-0.25, -0.2) is 4.98 Å². The van der Waals surface area contributed by atoms with Gasteiger partial charge in [-0.05, 0) is 99.6 Å². The van der Waals surface area contributed by atoms with Crippen LogP contribution in [0.25, 0.3) is 10.9 Å². The van der Waals surface area contributed by atoms with Gasteiger partial charge in [-0.3, -0.25) is 9.59 Å². The Morgan fingerprint density at radius 3 is 2.57 bits per heavy atom. The number of unbranched alkanes of at least 4 members (excludes halogenated alkanes) is 1. The fraction of sp³-hybridized carbons (Fsp3) is 0.185. The van der Waals surface area contributed by atoms with Crippen molar-refractivity contribution in [1.82, 2.24) is 9.66 Å². The molecule has 0 spiro atoms. The predicted octanol–water partition coefficient (Wildman–Crippen LogP) is 6.61. The van der Waals surface area contributed by atoms with Gasteiger partial charge < -0.3 is 10.1 Å². The van der Waals surface area contributed by atoms with Crippen LogP contribution in [0, 0.1) is 7.14 Å². The van der Waals surface area contributed by atoms with E-state index in [-0.39, 0.29) is 18.1 Å². The lowest BCUT2D eigenvalue weighted by Crippen LogP contribution is -2.22. The molecule has 0 fully saturated rings. The Balaban J connectivity index is 1.56. The highest BCUT2D eigenvalue weighted by molar-refractivity contribution is 14.1. The molecule has 1 aromatic heterocycles. The summed E-state index contributed by atoms with van der Waals surface area (Å²) < 4.78 is 9.69. The summed E-state index contributed by atoms with van der Waals surface area (Å²) in [7, 11) is 0. The molecule has 0 saturated heterocycles. The Labute approximate surface area is 250 Å². The molecule has 0 radical (unpaired) electrons. The topological polar surface area (TPSA) is 85.6 Å². The highest BCUT2D eigenvalue weighted by Crippen LogP contribution is 2.28. The number of carbonyl (C=O) groups excluding carboxylic acids is 1. The third-order valence-electron chi connectivity index (χ3n) is 5.38. The number of aryl methyl sites for hydroxylation is 1. The van der Waals surface area contributed by atoms with Crippen LogP contribution in [0.1, 0.15) is 31.2 Å².